The number of hydrogen-bond acceptors (Lipinski definition) is 3. The SMILES string of the molecule is CCNC(=NCc1ccc(Cn2ccnc2)cc1)NCC1(C)CCCO1.I. The molecule has 0 bridgehead atoms. The first kappa shape index (κ1) is 21.7. The Labute approximate surface area is 178 Å². The van der Waals surface area contributed by atoms with Crippen molar-refractivity contribution in [3.8, 4) is 0 Å². The summed E-state index contributed by atoms with van der Waals surface area (Å²) in [5, 5.41) is 6.73. The van der Waals surface area contributed by atoms with Gasteiger partial charge in [-0.05, 0) is 37.8 Å². The Morgan fingerprint density at radius 3 is 2.67 bits per heavy atom. The highest BCUT2D eigenvalue weighted by Crippen LogP contribution is 2.23. The van der Waals surface area contributed by atoms with Crippen molar-refractivity contribution < 1.29 is 4.74 Å². The third kappa shape index (κ3) is 6.80. The van der Waals surface area contributed by atoms with Gasteiger partial charge in [0.05, 0.1) is 18.5 Å². The lowest BCUT2D eigenvalue weighted by Gasteiger charge is -2.24. The average molecular weight is 483 g/mol. The van der Waals surface area contributed by atoms with Crippen LogP contribution in [0.2, 0.25) is 0 Å². The number of nitrogens with zero attached hydrogens (tertiary/aromatic N) is 3. The van der Waals surface area contributed by atoms with Gasteiger partial charge >= 0.3 is 0 Å². The van der Waals surface area contributed by atoms with Crippen LogP contribution in [0.1, 0.15) is 37.8 Å². The summed E-state index contributed by atoms with van der Waals surface area (Å²) in [6, 6.07) is 8.58. The molecule has 0 amide bonds. The zero-order valence-corrected chi connectivity index (χ0v) is 18.5. The number of rotatable bonds is 7. The van der Waals surface area contributed by atoms with E-state index in [1.165, 1.54) is 11.1 Å². The summed E-state index contributed by atoms with van der Waals surface area (Å²) in [6.45, 7) is 8.21. The van der Waals surface area contributed by atoms with Crippen LogP contribution in [-0.2, 0) is 17.8 Å². The summed E-state index contributed by atoms with van der Waals surface area (Å²) in [6.07, 6.45) is 7.84. The Morgan fingerprint density at radius 2 is 2.04 bits per heavy atom. The molecule has 148 valence electrons. The lowest BCUT2D eigenvalue weighted by atomic mass is 10.0. The third-order valence-corrected chi connectivity index (χ3v) is 4.64. The first-order chi connectivity index (χ1) is 12.7. The molecule has 1 saturated heterocycles. The number of aliphatic imine (C=N–C) groups is 1. The van der Waals surface area contributed by atoms with Crippen LogP contribution in [-0.4, -0.2) is 40.8 Å². The largest absolute Gasteiger partial charge is 0.373 e. The second kappa shape index (κ2) is 10.7. The van der Waals surface area contributed by atoms with E-state index in [1.807, 2.05) is 12.5 Å². The van der Waals surface area contributed by atoms with E-state index in [2.05, 4.69) is 58.3 Å². The summed E-state index contributed by atoms with van der Waals surface area (Å²) < 4.78 is 7.90. The Bertz CT molecular complexity index is 694. The predicted molar refractivity (Wildman–Crippen MR) is 120 cm³/mol. The van der Waals surface area contributed by atoms with Gasteiger partial charge in [-0.25, -0.2) is 9.98 Å². The summed E-state index contributed by atoms with van der Waals surface area (Å²) in [5.41, 5.74) is 2.37. The molecule has 1 aliphatic heterocycles. The number of imidazole rings is 1. The van der Waals surface area contributed by atoms with Gasteiger partial charge in [0.2, 0.25) is 0 Å². The molecule has 1 aromatic heterocycles. The van der Waals surface area contributed by atoms with Crippen molar-refractivity contribution in [1.29, 1.82) is 0 Å². The van der Waals surface area contributed by atoms with Crippen LogP contribution < -0.4 is 10.6 Å². The molecule has 1 fully saturated rings. The van der Waals surface area contributed by atoms with Gasteiger partial charge in [0.25, 0.3) is 0 Å². The van der Waals surface area contributed by atoms with Crippen LogP contribution >= 0.6 is 24.0 Å². The molecule has 0 saturated carbocycles. The maximum Gasteiger partial charge on any atom is 0.191 e. The van der Waals surface area contributed by atoms with Crippen molar-refractivity contribution in [3.05, 3.63) is 54.1 Å². The fraction of sp³-hybridized carbons (Fsp3) is 0.500. The highest BCUT2D eigenvalue weighted by Gasteiger charge is 2.29. The first-order valence-electron chi connectivity index (χ1n) is 9.36. The smallest absolute Gasteiger partial charge is 0.191 e. The summed E-state index contributed by atoms with van der Waals surface area (Å²) in [7, 11) is 0. The van der Waals surface area contributed by atoms with E-state index in [1.54, 1.807) is 6.20 Å². The summed E-state index contributed by atoms with van der Waals surface area (Å²) in [5.74, 6) is 0.840. The van der Waals surface area contributed by atoms with Crippen molar-refractivity contribution in [2.45, 2.75) is 45.4 Å². The number of hydrogen-bond donors (Lipinski definition) is 2. The minimum absolute atomic E-state index is 0. The van der Waals surface area contributed by atoms with E-state index in [0.717, 1.165) is 45.0 Å². The van der Waals surface area contributed by atoms with Gasteiger partial charge in [0, 0.05) is 38.6 Å². The highest BCUT2D eigenvalue weighted by atomic mass is 127. The molecular weight excluding hydrogens is 453 g/mol. The number of ether oxygens (including phenoxy) is 1. The molecule has 27 heavy (non-hydrogen) atoms. The zero-order valence-electron chi connectivity index (χ0n) is 16.1. The predicted octanol–water partition coefficient (Wildman–Crippen LogP) is 3.17. The minimum Gasteiger partial charge on any atom is -0.373 e. The monoisotopic (exact) mass is 483 g/mol. The van der Waals surface area contributed by atoms with Crippen molar-refractivity contribution >= 4 is 29.9 Å². The highest BCUT2D eigenvalue weighted by molar-refractivity contribution is 14.0. The lowest BCUT2D eigenvalue weighted by Crippen LogP contribution is -2.45. The van der Waals surface area contributed by atoms with E-state index in [-0.39, 0.29) is 29.6 Å². The Morgan fingerprint density at radius 1 is 1.26 bits per heavy atom. The van der Waals surface area contributed by atoms with Crippen LogP contribution in [0.3, 0.4) is 0 Å². The standard InChI is InChI=1S/C20H29N5O.HI/c1-3-22-19(24-15-20(2)9-4-12-26-20)23-13-17-5-7-18(8-6-17)14-25-11-10-21-16-25;/h5-8,10-11,16H,3-4,9,12-15H2,1-2H3,(H2,22,23,24);1H. The minimum atomic E-state index is -0.0782. The maximum atomic E-state index is 5.84. The zero-order chi connectivity index (χ0) is 18.2. The molecule has 6 nitrogen and oxygen atoms in total. The van der Waals surface area contributed by atoms with E-state index in [0.29, 0.717) is 6.54 Å². The molecule has 0 radical (unpaired) electrons. The van der Waals surface area contributed by atoms with Gasteiger partial charge in [-0.1, -0.05) is 24.3 Å². The number of nitrogens with one attached hydrogen (secondary N) is 2. The van der Waals surface area contributed by atoms with Crippen molar-refractivity contribution in [3.63, 3.8) is 0 Å². The van der Waals surface area contributed by atoms with Crippen LogP contribution in [0.5, 0.6) is 0 Å². The molecule has 2 N–H and O–H groups in total. The average Bonchev–Trinajstić information content (AvgIpc) is 3.31. The molecular formula is C20H30IN5O. The topological polar surface area (TPSA) is 63.5 Å². The van der Waals surface area contributed by atoms with E-state index < -0.39 is 0 Å². The van der Waals surface area contributed by atoms with E-state index >= 15 is 0 Å². The van der Waals surface area contributed by atoms with Crippen molar-refractivity contribution in [2.75, 3.05) is 19.7 Å². The van der Waals surface area contributed by atoms with Crippen LogP contribution in [0, 0.1) is 0 Å². The van der Waals surface area contributed by atoms with Gasteiger partial charge in [-0.3, -0.25) is 0 Å². The summed E-state index contributed by atoms with van der Waals surface area (Å²) >= 11 is 0. The first-order valence-corrected chi connectivity index (χ1v) is 9.36. The number of aromatic nitrogens is 2. The normalized spacial score (nSPS) is 19.6. The fourth-order valence-electron chi connectivity index (χ4n) is 3.10. The fourth-order valence-corrected chi connectivity index (χ4v) is 3.10. The van der Waals surface area contributed by atoms with Crippen molar-refractivity contribution in [1.82, 2.24) is 20.2 Å². The Balaban J connectivity index is 0.00000261. The van der Waals surface area contributed by atoms with Crippen LogP contribution in [0.25, 0.3) is 0 Å². The third-order valence-electron chi connectivity index (χ3n) is 4.64. The second-order valence-corrected chi connectivity index (χ2v) is 7.00. The molecule has 1 atom stereocenters. The number of guanidine groups is 1. The molecule has 1 aromatic carbocycles. The van der Waals surface area contributed by atoms with Gasteiger partial charge in [-0.2, -0.15) is 0 Å². The molecule has 3 rings (SSSR count). The molecule has 7 heteroatoms. The van der Waals surface area contributed by atoms with Gasteiger partial charge in [0.15, 0.2) is 5.96 Å². The molecule has 0 aliphatic carbocycles. The molecule has 1 unspecified atom stereocenters. The second-order valence-electron chi connectivity index (χ2n) is 7.00. The van der Waals surface area contributed by atoms with Gasteiger partial charge in [-0.15, -0.1) is 24.0 Å². The number of halogens is 1. The van der Waals surface area contributed by atoms with E-state index in [4.69, 9.17) is 9.73 Å². The quantitative estimate of drug-likeness (QED) is 0.361. The molecule has 2 heterocycles. The lowest BCUT2D eigenvalue weighted by molar-refractivity contribution is 0.0243. The number of benzene rings is 1. The summed E-state index contributed by atoms with van der Waals surface area (Å²) in [4.78, 5) is 8.78. The molecule has 0 spiro atoms. The van der Waals surface area contributed by atoms with E-state index in [9.17, 15) is 0 Å². The van der Waals surface area contributed by atoms with Crippen LogP contribution in [0.15, 0.2) is 48.0 Å². The van der Waals surface area contributed by atoms with Crippen LogP contribution in [0.4, 0.5) is 0 Å². The molecule has 1 aliphatic rings. The Kier molecular flexibility index (Phi) is 8.56. The van der Waals surface area contributed by atoms with Gasteiger partial charge < -0.3 is 19.9 Å². The maximum absolute atomic E-state index is 5.84. The Hall–Kier alpha value is -1.61. The molecule has 2 aromatic rings. The van der Waals surface area contributed by atoms with Crippen molar-refractivity contribution in [2.24, 2.45) is 4.99 Å². The van der Waals surface area contributed by atoms with Gasteiger partial charge in [0.1, 0.15) is 0 Å².